The summed E-state index contributed by atoms with van der Waals surface area (Å²) in [4.78, 5) is 11.2. The van der Waals surface area contributed by atoms with Crippen LogP contribution in [0.15, 0.2) is 0 Å². The zero-order valence-corrected chi connectivity index (χ0v) is 9.55. The van der Waals surface area contributed by atoms with E-state index < -0.39 is 20.5 Å². The van der Waals surface area contributed by atoms with Crippen LogP contribution in [0, 0.1) is 0 Å². The highest BCUT2D eigenvalue weighted by atomic mass is 32.2. The van der Waals surface area contributed by atoms with Crippen LogP contribution in [0.5, 0.6) is 0 Å². The van der Waals surface area contributed by atoms with Gasteiger partial charge in [-0.3, -0.25) is 4.79 Å². The summed E-state index contributed by atoms with van der Waals surface area (Å²) in [5.74, 6) is -0.645. The van der Waals surface area contributed by atoms with Gasteiger partial charge in [0.25, 0.3) is 0 Å². The number of hydrogen-bond donors (Lipinski definition) is 1. The molecule has 5 heteroatoms. The summed E-state index contributed by atoms with van der Waals surface area (Å²) in [7, 11) is -3.32. The Morgan fingerprint density at radius 1 is 1.13 bits per heavy atom. The predicted octanol–water partition coefficient (Wildman–Crippen LogP) is 0.752. The molecule has 86 valence electrons. The summed E-state index contributed by atoms with van der Waals surface area (Å²) in [6.45, 7) is 0. The molecule has 0 bridgehead atoms. The molecule has 0 spiro atoms. The zero-order valence-electron chi connectivity index (χ0n) is 8.74. The normalized spacial score (nSPS) is 26.1. The van der Waals surface area contributed by atoms with E-state index in [9.17, 15) is 13.2 Å². The van der Waals surface area contributed by atoms with E-state index in [1.807, 2.05) is 0 Å². The van der Waals surface area contributed by atoms with E-state index in [-0.39, 0.29) is 5.25 Å². The average Bonchev–Trinajstić information content (AvgIpc) is 3.00. The van der Waals surface area contributed by atoms with Crippen LogP contribution in [0.1, 0.15) is 44.9 Å². The van der Waals surface area contributed by atoms with Crippen molar-refractivity contribution in [2.75, 3.05) is 0 Å². The second-order valence-electron chi connectivity index (χ2n) is 4.66. The van der Waals surface area contributed by atoms with Gasteiger partial charge < -0.3 is 5.73 Å². The lowest BCUT2D eigenvalue weighted by Gasteiger charge is -2.25. The molecule has 0 atom stereocenters. The van der Waals surface area contributed by atoms with Crippen LogP contribution in [-0.2, 0) is 14.6 Å². The van der Waals surface area contributed by atoms with E-state index >= 15 is 0 Å². The van der Waals surface area contributed by atoms with E-state index in [1.54, 1.807) is 0 Å². The third-order valence-corrected chi connectivity index (χ3v) is 6.74. The van der Waals surface area contributed by atoms with Crippen molar-refractivity contribution < 1.29 is 13.2 Å². The number of carbonyl (C=O) groups is 1. The lowest BCUT2D eigenvalue weighted by atomic mass is 10.0. The second kappa shape index (κ2) is 3.47. The van der Waals surface area contributed by atoms with E-state index in [4.69, 9.17) is 5.73 Å². The highest BCUT2D eigenvalue weighted by Gasteiger charge is 2.61. The lowest BCUT2D eigenvalue weighted by Crippen LogP contribution is -2.44. The van der Waals surface area contributed by atoms with Crippen molar-refractivity contribution in [3.8, 4) is 0 Å². The first-order valence-electron chi connectivity index (χ1n) is 5.54. The number of hydrogen-bond acceptors (Lipinski definition) is 3. The molecule has 0 aromatic heterocycles. The Hall–Kier alpha value is -0.580. The summed E-state index contributed by atoms with van der Waals surface area (Å²) >= 11 is 0. The molecule has 2 aliphatic rings. The molecule has 2 saturated carbocycles. The maximum Gasteiger partial charge on any atom is 0.238 e. The molecule has 2 rings (SSSR count). The smallest absolute Gasteiger partial charge is 0.238 e. The van der Waals surface area contributed by atoms with Crippen LogP contribution in [0.3, 0.4) is 0 Å². The molecule has 4 nitrogen and oxygen atoms in total. The van der Waals surface area contributed by atoms with Crippen LogP contribution in [0.4, 0.5) is 0 Å². The Kier molecular flexibility index (Phi) is 2.53. The highest BCUT2D eigenvalue weighted by Crippen LogP contribution is 2.47. The Balaban J connectivity index is 2.23. The molecule has 0 aliphatic heterocycles. The molecule has 15 heavy (non-hydrogen) atoms. The Morgan fingerprint density at radius 2 is 1.67 bits per heavy atom. The van der Waals surface area contributed by atoms with Crippen LogP contribution < -0.4 is 5.73 Å². The van der Waals surface area contributed by atoms with Gasteiger partial charge in [0, 0.05) is 0 Å². The lowest BCUT2D eigenvalue weighted by molar-refractivity contribution is -0.118. The van der Waals surface area contributed by atoms with Crippen molar-refractivity contribution in [3.05, 3.63) is 0 Å². The minimum absolute atomic E-state index is 0.318. The molecule has 0 radical (unpaired) electrons. The quantitative estimate of drug-likeness (QED) is 0.778. The average molecular weight is 231 g/mol. The number of nitrogens with two attached hydrogens (primary N) is 1. The van der Waals surface area contributed by atoms with Crippen LogP contribution in [0.25, 0.3) is 0 Å². The first kappa shape index (κ1) is 10.9. The standard InChI is InChI=1S/C10H17NO3S/c11-9(12)10(6-7-10)15(13,14)8-4-2-1-3-5-8/h8H,1-7H2,(H2,11,12). The topological polar surface area (TPSA) is 77.2 Å². The third-order valence-electron chi connectivity index (χ3n) is 3.69. The first-order valence-corrected chi connectivity index (χ1v) is 7.09. The molecule has 2 N–H and O–H groups in total. The first-order chi connectivity index (χ1) is 7.01. The Morgan fingerprint density at radius 3 is 2.07 bits per heavy atom. The van der Waals surface area contributed by atoms with E-state index in [0.29, 0.717) is 25.7 Å². The van der Waals surface area contributed by atoms with Crippen LogP contribution >= 0.6 is 0 Å². The van der Waals surface area contributed by atoms with Crippen molar-refractivity contribution in [1.29, 1.82) is 0 Å². The fraction of sp³-hybridized carbons (Fsp3) is 0.900. The van der Waals surface area contributed by atoms with Gasteiger partial charge >= 0.3 is 0 Å². The van der Waals surface area contributed by atoms with Crippen molar-refractivity contribution in [3.63, 3.8) is 0 Å². The number of rotatable bonds is 3. The molecule has 0 aromatic carbocycles. The van der Waals surface area contributed by atoms with Gasteiger partial charge in [0.15, 0.2) is 14.6 Å². The maximum atomic E-state index is 12.2. The number of primary amides is 1. The number of carbonyl (C=O) groups excluding carboxylic acids is 1. The summed E-state index contributed by atoms with van der Waals surface area (Å²) < 4.78 is 23.2. The van der Waals surface area contributed by atoms with Crippen molar-refractivity contribution >= 4 is 15.7 Å². The minimum atomic E-state index is -3.32. The Bertz CT molecular complexity index is 364. The van der Waals surface area contributed by atoms with E-state index in [2.05, 4.69) is 0 Å². The van der Waals surface area contributed by atoms with Crippen molar-refractivity contribution in [2.24, 2.45) is 5.73 Å². The SMILES string of the molecule is NC(=O)C1(S(=O)(=O)C2CCCCC2)CC1. The molecule has 0 aromatic rings. The fourth-order valence-corrected chi connectivity index (χ4v) is 5.02. The largest absolute Gasteiger partial charge is 0.368 e. The molecular formula is C10H17NO3S. The van der Waals surface area contributed by atoms with Crippen molar-refractivity contribution in [1.82, 2.24) is 0 Å². The van der Waals surface area contributed by atoms with Gasteiger partial charge in [-0.15, -0.1) is 0 Å². The van der Waals surface area contributed by atoms with Gasteiger partial charge in [-0.25, -0.2) is 8.42 Å². The van der Waals surface area contributed by atoms with Gasteiger partial charge in [0.2, 0.25) is 5.91 Å². The van der Waals surface area contributed by atoms with Gasteiger partial charge in [-0.05, 0) is 25.7 Å². The molecular weight excluding hydrogens is 214 g/mol. The minimum Gasteiger partial charge on any atom is -0.368 e. The summed E-state index contributed by atoms with van der Waals surface area (Å²) in [6, 6.07) is 0. The van der Waals surface area contributed by atoms with Crippen LogP contribution in [-0.4, -0.2) is 24.3 Å². The molecule has 2 fully saturated rings. The van der Waals surface area contributed by atoms with E-state index in [0.717, 1.165) is 19.3 Å². The van der Waals surface area contributed by atoms with Gasteiger partial charge in [0.05, 0.1) is 5.25 Å². The van der Waals surface area contributed by atoms with Gasteiger partial charge in [-0.2, -0.15) is 0 Å². The molecule has 0 heterocycles. The monoisotopic (exact) mass is 231 g/mol. The van der Waals surface area contributed by atoms with E-state index in [1.165, 1.54) is 0 Å². The maximum absolute atomic E-state index is 12.2. The molecule has 0 unspecified atom stereocenters. The molecule has 1 amide bonds. The zero-order chi connectivity index (χ0) is 11.1. The summed E-state index contributed by atoms with van der Waals surface area (Å²) in [6.07, 6.45) is 5.30. The van der Waals surface area contributed by atoms with Crippen molar-refractivity contribution in [2.45, 2.75) is 54.9 Å². The van der Waals surface area contributed by atoms with Gasteiger partial charge in [-0.1, -0.05) is 19.3 Å². The Labute approximate surface area is 90.1 Å². The number of sulfone groups is 1. The molecule has 0 saturated heterocycles. The third kappa shape index (κ3) is 1.57. The highest BCUT2D eigenvalue weighted by molar-refractivity contribution is 7.94. The predicted molar refractivity (Wildman–Crippen MR) is 57.0 cm³/mol. The summed E-state index contributed by atoms with van der Waals surface area (Å²) in [5.41, 5.74) is 5.21. The second-order valence-corrected chi connectivity index (χ2v) is 7.20. The van der Waals surface area contributed by atoms with Crippen LogP contribution in [0.2, 0.25) is 0 Å². The van der Waals surface area contributed by atoms with Gasteiger partial charge in [0.1, 0.15) is 0 Å². The molecule has 2 aliphatic carbocycles. The summed E-state index contributed by atoms with van der Waals surface area (Å²) in [5, 5.41) is -0.318. The fourth-order valence-electron chi connectivity index (χ4n) is 2.48. The number of amides is 1.